The summed E-state index contributed by atoms with van der Waals surface area (Å²) in [4.78, 5) is 34.6. The Labute approximate surface area is 210 Å². The zero-order valence-electron chi connectivity index (χ0n) is 21.4. The fourth-order valence-corrected chi connectivity index (χ4v) is 4.32. The van der Waals surface area contributed by atoms with Gasteiger partial charge in [-0.05, 0) is 57.5 Å². The topological polar surface area (TPSA) is 98.0 Å². The van der Waals surface area contributed by atoms with Crippen LogP contribution >= 0.6 is 0 Å². The Morgan fingerprint density at radius 3 is 2.75 bits per heavy atom. The van der Waals surface area contributed by atoms with E-state index in [-0.39, 0.29) is 24.1 Å². The predicted molar refractivity (Wildman–Crippen MR) is 140 cm³/mol. The van der Waals surface area contributed by atoms with Crippen molar-refractivity contribution in [2.45, 2.75) is 40.3 Å². The lowest BCUT2D eigenvalue weighted by molar-refractivity contribution is -0.127. The van der Waals surface area contributed by atoms with Crippen molar-refractivity contribution >= 4 is 22.9 Å². The molecule has 0 atom stereocenters. The van der Waals surface area contributed by atoms with Crippen LogP contribution in [0.15, 0.2) is 53.5 Å². The molecule has 0 radical (unpaired) electrons. The third-order valence-electron chi connectivity index (χ3n) is 6.12. The van der Waals surface area contributed by atoms with Crippen molar-refractivity contribution in [3.63, 3.8) is 0 Å². The van der Waals surface area contributed by atoms with E-state index in [9.17, 15) is 9.59 Å². The van der Waals surface area contributed by atoms with Crippen molar-refractivity contribution in [2.24, 2.45) is 0 Å². The third kappa shape index (κ3) is 5.16. The minimum Gasteiger partial charge on any atom is -0.383 e. The summed E-state index contributed by atoms with van der Waals surface area (Å²) in [6, 6.07) is 11.4. The van der Waals surface area contributed by atoms with Crippen LogP contribution < -0.4 is 5.56 Å². The van der Waals surface area contributed by atoms with Gasteiger partial charge in [-0.15, -0.1) is 0 Å². The van der Waals surface area contributed by atoms with Gasteiger partial charge in [-0.25, -0.2) is 9.67 Å². The first kappa shape index (κ1) is 25.1. The first-order valence-electron chi connectivity index (χ1n) is 12.0. The molecule has 0 aliphatic carbocycles. The standard InChI is InChI=1S/C27H32N6O3/c1-18(2)33-25(12-13-28-33)32-19(3)16-21(20(32)4)10-11-26(34)31(14-15-36-5)17-24-29-23-9-7-6-8-22(23)27(35)30-24/h6-13,16,18H,14-15,17H2,1-5H3,(H,29,30,35)/b11-10-. The van der Waals surface area contributed by atoms with Crippen LogP contribution in [-0.2, 0) is 16.1 Å². The van der Waals surface area contributed by atoms with E-state index in [0.717, 1.165) is 22.8 Å². The second-order valence-electron chi connectivity index (χ2n) is 9.01. The van der Waals surface area contributed by atoms with E-state index >= 15 is 0 Å². The van der Waals surface area contributed by atoms with Gasteiger partial charge < -0.3 is 19.2 Å². The summed E-state index contributed by atoms with van der Waals surface area (Å²) in [5.74, 6) is 1.22. The van der Waals surface area contributed by atoms with Gasteiger partial charge in [0.1, 0.15) is 11.6 Å². The van der Waals surface area contributed by atoms with E-state index in [4.69, 9.17) is 4.74 Å². The summed E-state index contributed by atoms with van der Waals surface area (Å²) in [5.41, 5.74) is 3.39. The van der Waals surface area contributed by atoms with E-state index < -0.39 is 0 Å². The van der Waals surface area contributed by atoms with Crippen LogP contribution in [-0.4, -0.2) is 55.4 Å². The van der Waals surface area contributed by atoms with E-state index in [1.165, 1.54) is 0 Å². The van der Waals surface area contributed by atoms with Crippen LogP contribution in [0.5, 0.6) is 0 Å². The number of hydrogen-bond donors (Lipinski definition) is 1. The monoisotopic (exact) mass is 488 g/mol. The number of H-pyrrole nitrogens is 1. The number of carbonyl (C=O) groups is 1. The first-order valence-corrected chi connectivity index (χ1v) is 12.0. The van der Waals surface area contributed by atoms with Crippen LogP contribution in [0, 0.1) is 13.8 Å². The second-order valence-corrected chi connectivity index (χ2v) is 9.01. The Kier molecular flexibility index (Phi) is 7.49. The van der Waals surface area contributed by atoms with Gasteiger partial charge in [0, 0.05) is 43.2 Å². The molecule has 9 heteroatoms. The number of benzene rings is 1. The maximum Gasteiger partial charge on any atom is 0.258 e. The third-order valence-corrected chi connectivity index (χ3v) is 6.12. The summed E-state index contributed by atoms with van der Waals surface area (Å²) < 4.78 is 9.32. The lowest BCUT2D eigenvalue weighted by Crippen LogP contribution is -2.33. The molecule has 1 amide bonds. The quantitative estimate of drug-likeness (QED) is 0.362. The van der Waals surface area contributed by atoms with Crippen LogP contribution in [0.4, 0.5) is 0 Å². The molecule has 4 aromatic rings. The molecule has 1 N–H and O–H groups in total. The predicted octanol–water partition coefficient (Wildman–Crippen LogP) is 3.80. The Balaban J connectivity index is 1.59. The number of nitrogens with one attached hydrogen (secondary N) is 1. The van der Waals surface area contributed by atoms with Crippen molar-refractivity contribution in [3.8, 4) is 5.82 Å². The van der Waals surface area contributed by atoms with Crippen molar-refractivity contribution in [1.29, 1.82) is 0 Å². The maximum absolute atomic E-state index is 13.2. The summed E-state index contributed by atoms with van der Waals surface area (Å²) in [6.07, 6.45) is 5.18. The minimum atomic E-state index is -0.224. The van der Waals surface area contributed by atoms with Crippen molar-refractivity contribution in [3.05, 3.63) is 81.8 Å². The molecule has 0 aliphatic heterocycles. The summed E-state index contributed by atoms with van der Waals surface area (Å²) >= 11 is 0. The number of aromatic amines is 1. The fourth-order valence-electron chi connectivity index (χ4n) is 4.32. The van der Waals surface area contributed by atoms with Crippen LogP contribution in [0.25, 0.3) is 22.8 Å². The summed E-state index contributed by atoms with van der Waals surface area (Å²) in [5, 5.41) is 4.97. The molecule has 36 heavy (non-hydrogen) atoms. The highest BCUT2D eigenvalue weighted by atomic mass is 16.5. The fraction of sp³-hybridized carbons (Fsp3) is 0.333. The van der Waals surface area contributed by atoms with Gasteiger partial charge in [-0.2, -0.15) is 5.10 Å². The Morgan fingerprint density at radius 1 is 1.22 bits per heavy atom. The molecule has 0 spiro atoms. The zero-order valence-corrected chi connectivity index (χ0v) is 21.4. The number of nitrogens with zero attached hydrogens (tertiary/aromatic N) is 5. The number of para-hydroxylation sites is 1. The summed E-state index contributed by atoms with van der Waals surface area (Å²) in [7, 11) is 1.59. The zero-order chi connectivity index (χ0) is 25.8. The lowest BCUT2D eigenvalue weighted by atomic mass is 10.2. The van der Waals surface area contributed by atoms with Crippen LogP contribution in [0.1, 0.15) is 42.7 Å². The minimum absolute atomic E-state index is 0.166. The molecule has 188 valence electrons. The van der Waals surface area contributed by atoms with E-state index in [1.807, 2.05) is 36.7 Å². The number of ether oxygens (including phenoxy) is 1. The number of rotatable bonds is 9. The van der Waals surface area contributed by atoms with Crippen molar-refractivity contribution < 1.29 is 9.53 Å². The average Bonchev–Trinajstić information content (AvgIpc) is 3.44. The molecular weight excluding hydrogens is 456 g/mol. The first-order chi connectivity index (χ1) is 17.3. The van der Waals surface area contributed by atoms with Gasteiger partial charge in [-0.1, -0.05) is 12.1 Å². The molecule has 0 fully saturated rings. The van der Waals surface area contributed by atoms with E-state index in [0.29, 0.717) is 29.9 Å². The maximum atomic E-state index is 13.2. The Morgan fingerprint density at radius 2 is 2.00 bits per heavy atom. The number of fused-ring (bicyclic) bond motifs is 1. The van der Waals surface area contributed by atoms with E-state index in [2.05, 4.69) is 39.5 Å². The summed E-state index contributed by atoms with van der Waals surface area (Å²) in [6.45, 7) is 9.15. The largest absolute Gasteiger partial charge is 0.383 e. The number of methoxy groups -OCH3 is 1. The van der Waals surface area contributed by atoms with Gasteiger partial charge in [0.05, 0.1) is 30.3 Å². The number of hydrogen-bond acceptors (Lipinski definition) is 5. The van der Waals surface area contributed by atoms with Crippen molar-refractivity contribution in [2.75, 3.05) is 20.3 Å². The van der Waals surface area contributed by atoms with Gasteiger partial charge in [0.25, 0.3) is 5.56 Å². The molecule has 0 saturated heterocycles. The molecule has 0 aliphatic rings. The molecule has 0 unspecified atom stereocenters. The highest BCUT2D eigenvalue weighted by Crippen LogP contribution is 2.23. The highest BCUT2D eigenvalue weighted by molar-refractivity contribution is 5.92. The van der Waals surface area contributed by atoms with E-state index in [1.54, 1.807) is 42.5 Å². The molecule has 3 heterocycles. The Bertz CT molecular complexity index is 1460. The van der Waals surface area contributed by atoms with Crippen LogP contribution in [0.2, 0.25) is 0 Å². The molecule has 1 aromatic carbocycles. The van der Waals surface area contributed by atoms with Crippen LogP contribution in [0.3, 0.4) is 0 Å². The highest BCUT2D eigenvalue weighted by Gasteiger charge is 2.17. The number of aryl methyl sites for hydroxylation is 1. The number of carbonyl (C=O) groups excluding carboxylic acids is 1. The van der Waals surface area contributed by atoms with Gasteiger partial charge in [0.2, 0.25) is 5.91 Å². The number of amides is 1. The SMILES string of the molecule is COCCN(Cc1nc2ccccc2c(=O)[nH]1)C(=O)/C=C\c1cc(C)n(-c2ccnn2C(C)C)c1C. The van der Waals surface area contributed by atoms with Gasteiger partial charge >= 0.3 is 0 Å². The molecule has 3 aromatic heterocycles. The number of aromatic nitrogens is 5. The normalized spacial score (nSPS) is 11.7. The smallest absolute Gasteiger partial charge is 0.258 e. The molecule has 0 saturated carbocycles. The average molecular weight is 489 g/mol. The van der Waals surface area contributed by atoms with Gasteiger partial charge in [-0.3, -0.25) is 9.59 Å². The molecular formula is C27H32N6O3. The lowest BCUT2D eigenvalue weighted by Gasteiger charge is -2.20. The molecule has 9 nitrogen and oxygen atoms in total. The van der Waals surface area contributed by atoms with Gasteiger partial charge in [0.15, 0.2) is 0 Å². The molecule has 4 rings (SSSR count). The Hall–Kier alpha value is -3.98. The van der Waals surface area contributed by atoms with Crippen molar-refractivity contribution in [1.82, 2.24) is 29.2 Å². The molecule has 0 bridgehead atoms. The second kappa shape index (κ2) is 10.7.